The first-order valence-electron chi connectivity index (χ1n) is 9.45. The predicted octanol–water partition coefficient (Wildman–Crippen LogP) is 3.63. The molecule has 30 heavy (non-hydrogen) atoms. The molecule has 0 aliphatic carbocycles. The summed E-state index contributed by atoms with van der Waals surface area (Å²) in [5, 5.41) is 0.561. The quantitative estimate of drug-likeness (QED) is 0.391. The second-order valence-electron chi connectivity index (χ2n) is 7.04. The Bertz CT molecular complexity index is 1300. The highest BCUT2D eigenvalue weighted by Crippen LogP contribution is 2.19. The van der Waals surface area contributed by atoms with E-state index in [-0.39, 0.29) is 11.3 Å². The van der Waals surface area contributed by atoms with Gasteiger partial charge in [0.05, 0.1) is 18.4 Å². The van der Waals surface area contributed by atoms with Gasteiger partial charge >= 0.3 is 5.97 Å². The number of Topliss-reactive ketones (excluding diaryl/α,β-unsaturated/α-hetero) is 1. The van der Waals surface area contributed by atoms with E-state index >= 15 is 0 Å². The lowest BCUT2D eigenvalue weighted by atomic mass is 10.1. The Morgan fingerprint density at radius 1 is 1.07 bits per heavy atom. The summed E-state index contributed by atoms with van der Waals surface area (Å²) in [4.78, 5) is 39.8. The van der Waals surface area contributed by atoms with Crippen LogP contribution >= 0.6 is 0 Å². The molecule has 0 bridgehead atoms. The van der Waals surface area contributed by atoms with Gasteiger partial charge in [-0.25, -0.2) is 4.79 Å². The first-order valence-corrected chi connectivity index (χ1v) is 9.45. The fraction of sp³-hybridized carbons (Fsp3) is 0.174. The highest BCUT2D eigenvalue weighted by molar-refractivity contribution is 6.05. The third-order valence-corrected chi connectivity index (χ3v) is 5.07. The summed E-state index contributed by atoms with van der Waals surface area (Å²) in [6.07, 6.45) is 1.60. The van der Waals surface area contributed by atoms with Gasteiger partial charge in [-0.15, -0.1) is 0 Å². The Balaban J connectivity index is 1.52. The van der Waals surface area contributed by atoms with Gasteiger partial charge in [0, 0.05) is 33.9 Å². The van der Waals surface area contributed by atoms with Crippen molar-refractivity contribution in [3.05, 3.63) is 93.4 Å². The Hall–Kier alpha value is -3.87. The number of ether oxygens (including phenoxy) is 1. The van der Waals surface area contributed by atoms with Crippen LogP contribution in [0.3, 0.4) is 0 Å². The number of para-hydroxylation sites is 1. The predicted molar refractivity (Wildman–Crippen MR) is 111 cm³/mol. The summed E-state index contributed by atoms with van der Waals surface area (Å²) in [6, 6.07) is 13.6. The average Bonchev–Trinajstić information content (AvgIpc) is 3.35. The smallest absolute Gasteiger partial charge is 0.339 e. The monoisotopic (exact) mass is 404 g/mol. The standard InChI is InChI=1S/C23H20N2O5/c1-14-10-18(15(2)25(14)12-16-6-5-9-29-16)21(26)13-30-23(28)19-11-22(27)24-20-8-4-3-7-17(19)20/h3-11H,12-13H2,1-2H3,(H,24,27). The van der Waals surface area contributed by atoms with Gasteiger partial charge in [-0.2, -0.15) is 0 Å². The maximum atomic E-state index is 12.7. The van der Waals surface area contributed by atoms with Crippen molar-refractivity contribution in [1.29, 1.82) is 0 Å². The van der Waals surface area contributed by atoms with Crippen LogP contribution in [0.4, 0.5) is 0 Å². The van der Waals surface area contributed by atoms with E-state index in [0.717, 1.165) is 17.1 Å². The molecule has 0 unspecified atom stereocenters. The Morgan fingerprint density at radius 2 is 1.87 bits per heavy atom. The van der Waals surface area contributed by atoms with E-state index in [1.54, 1.807) is 36.6 Å². The molecular formula is C23H20N2O5. The van der Waals surface area contributed by atoms with Gasteiger partial charge in [0.1, 0.15) is 5.76 Å². The molecule has 0 aliphatic rings. The van der Waals surface area contributed by atoms with Crippen molar-refractivity contribution >= 4 is 22.7 Å². The van der Waals surface area contributed by atoms with E-state index in [1.165, 1.54) is 6.07 Å². The number of nitrogens with zero attached hydrogens (tertiary/aromatic N) is 1. The lowest BCUT2D eigenvalue weighted by Crippen LogP contribution is -2.17. The van der Waals surface area contributed by atoms with E-state index in [4.69, 9.17) is 9.15 Å². The van der Waals surface area contributed by atoms with Crippen LogP contribution in [0.2, 0.25) is 0 Å². The van der Waals surface area contributed by atoms with Crippen LogP contribution in [-0.2, 0) is 11.3 Å². The number of carbonyl (C=O) groups is 2. The molecule has 0 fully saturated rings. The second-order valence-corrected chi connectivity index (χ2v) is 7.04. The molecule has 0 spiro atoms. The molecule has 0 radical (unpaired) electrons. The highest BCUT2D eigenvalue weighted by Gasteiger charge is 2.19. The van der Waals surface area contributed by atoms with Crippen molar-refractivity contribution in [2.24, 2.45) is 0 Å². The van der Waals surface area contributed by atoms with Crippen molar-refractivity contribution in [2.45, 2.75) is 20.4 Å². The number of fused-ring (bicyclic) bond motifs is 1. The van der Waals surface area contributed by atoms with Crippen LogP contribution in [0.1, 0.15) is 37.9 Å². The summed E-state index contributed by atoms with van der Waals surface area (Å²) in [7, 11) is 0. The third-order valence-electron chi connectivity index (χ3n) is 5.07. The minimum absolute atomic E-state index is 0.130. The van der Waals surface area contributed by atoms with Crippen LogP contribution < -0.4 is 5.56 Å². The zero-order valence-electron chi connectivity index (χ0n) is 16.6. The number of aromatic nitrogens is 2. The molecule has 152 valence electrons. The SMILES string of the molecule is Cc1cc(C(=O)COC(=O)c2cc(=O)[nH]c3ccccc23)c(C)n1Cc1ccco1. The molecule has 4 rings (SSSR count). The van der Waals surface area contributed by atoms with E-state index in [9.17, 15) is 14.4 Å². The molecule has 0 saturated carbocycles. The molecule has 4 aromatic rings. The number of benzene rings is 1. The van der Waals surface area contributed by atoms with Crippen molar-refractivity contribution < 1.29 is 18.7 Å². The molecule has 0 atom stereocenters. The Morgan fingerprint density at radius 3 is 2.63 bits per heavy atom. The molecule has 0 amide bonds. The van der Waals surface area contributed by atoms with Gasteiger partial charge in [-0.1, -0.05) is 18.2 Å². The zero-order valence-corrected chi connectivity index (χ0v) is 16.6. The summed E-state index contributed by atoms with van der Waals surface area (Å²) in [5.74, 6) is -0.241. The van der Waals surface area contributed by atoms with Crippen LogP contribution in [-0.4, -0.2) is 27.9 Å². The molecule has 1 aromatic carbocycles. The van der Waals surface area contributed by atoms with E-state index < -0.39 is 18.1 Å². The number of aromatic amines is 1. The van der Waals surface area contributed by atoms with E-state index in [1.807, 2.05) is 30.5 Å². The number of furan rings is 1. The minimum Gasteiger partial charge on any atom is -0.467 e. The number of nitrogens with one attached hydrogen (secondary N) is 1. The number of carbonyl (C=O) groups excluding carboxylic acids is 2. The zero-order chi connectivity index (χ0) is 21.3. The van der Waals surface area contributed by atoms with Gasteiger partial charge in [0.2, 0.25) is 11.3 Å². The maximum Gasteiger partial charge on any atom is 0.339 e. The van der Waals surface area contributed by atoms with Gasteiger partial charge in [-0.3, -0.25) is 9.59 Å². The highest BCUT2D eigenvalue weighted by atomic mass is 16.5. The fourth-order valence-corrected chi connectivity index (χ4v) is 3.55. The van der Waals surface area contributed by atoms with Gasteiger partial charge in [0.25, 0.3) is 0 Å². The topological polar surface area (TPSA) is 94.3 Å². The number of esters is 1. The van der Waals surface area contributed by atoms with Crippen LogP contribution in [0.15, 0.2) is 64.0 Å². The van der Waals surface area contributed by atoms with Gasteiger partial charge < -0.3 is 18.7 Å². The van der Waals surface area contributed by atoms with Crippen molar-refractivity contribution in [2.75, 3.05) is 6.61 Å². The number of rotatable bonds is 6. The third kappa shape index (κ3) is 3.69. The number of pyridine rings is 1. The van der Waals surface area contributed by atoms with E-state index in [0.29, 0.717) is 23.0 Å². The summed E-state index contributed by atoms with van der Waals surface area (Å²) in [6.45, 7) is 3.85. The maximum absolute atomic E-state index is 12.7. The number of hydrogen-bond donors (Lipinski definition) is 1. The molecule has 7 heteroatoms. The normalized spacial score (nSPS) is 11.0. The molecular weight excluding hydrogens is 384 g/mol. The fourth-order valence-electron chi connectivity index (χ4n) is 3.55. The van der Waals surface area contributed by atoms with Crippen molar-refractivity contribution in [3.8, 4) is 0 Å². The average molecular weight is 404 g/mol. The van der Waals surface area contributed by atoms with Crippen LogP contribution in [0.5, 0.6) is 0 Å². The Kier molecular flexibility index (Phi) is 5.10. The Labute approximate surface area is 171 Å². The molecule has 0 aliphatic heterocycles. The molecule has 0 saturated heterocycles. The number of ketones is 1. The molecule has 3 heterocycles. The number of H-pyrrole nitrogens is 1. The largest absolute Gasteiger partial charge is 0.467 e. The second kappa shape index (κ2) is 7.87. The lowest BCUT2D eigenvalue weighted by Gasteiger charge is -2.09. The summed E-state index contributed by atoms with van der Waals surface area (Å²) >= 11 is 0. The number of hydrogen-bond acceptors (Lipinski definition) is 5. The molecule has 1 N–H and O–H groups in total. The van der Waals surface area contributed by atoms with Crippen molar-refractivity contribution in [3.63, 3.8) is 0 Å². The first kappa shape index (κ1) is 19.4. The van der Waals surface area contributed by atoms with E-state index in [2.05, 4.69) is 4.98 Å². The number of aryl methyl sites for hydroxylation is 1. The minimum atomic E-state index is -0.713. The lowest BCUT2D eigenvalue weighted by molar-refractivity contribution is 0.0476. The first-order chi connectivity index (χ1) is 14.4. The molecule has 7 nitrogen and oxygen atoms in total. The molecule has 3 aromatic heterocycles. The summed E-state index contributed by atoms with van der Waals surface area (Å²) < 4.78 is 12.6. The van der Waals surface area contributed by atoms with Gasteiger partial charge in [0.15, 0.2) is 6.61 Å². The van der Waals surface area contributed by atoms with Crippen LogP contribution in [0.25, 0.3) is 10.9 Å². The van der Waals surface area contributed by atoms with Crippen molar-refractivity contribution in [1.82, 2.24) is 9.55 Å². The summed E-state index contributed by atoms with van der Waals surface area (Å²) in [5.41, 5.74) is 2.41. The van der Waals surface area contributed by atoms with Gasteiger partial charge in [-0.05, 0) is 38.1 Å². The van der Waals surface area contributed by atoms with Crippen LogP contribution in [0, 0.1) is 13.8 Å².